The van der Waals surface area contributed by atoms with Crippen LogP contribution in [-0.4, -0.2) is 45.6 Å². The van der Waals surface area contributed by atoms with Gasteiger partial charge in [-0.3, -0.25) is 14.4 Å². The minimum absolute atomic E-state index is 0.288. The van der Waals surface area contributed by atoms with E-state index < -0.39 is 24.3 Å². The molecular formula is C8H10N4O4S. The molecule has 2 amide bonds. The number of carbonyl (C=O) groups excluding carboxylic acids is 2. The first-order valence-electron chi connectivity index (χ1n) is 4.56. The highest BCUT2D eigenvalue weighted by Gasteiger charge is 2.13. The third-order valence-electron chi connectivity index (χ3n) is 1.70. The van der Waals surface area contributed by atoms with Crippen molar-refractivity contribution in [3.05, 3.63) is 10.6 Å². The van der Waals surface area contributed by atoms with Crippen LogP contribution in [0.25, 0.3) is 0 Å². The standard InChI is InChI=1S/C8H10N4O4S/c1-4-7(17-12-11-4)8(16)10-2-5(13)9-3-6(14)15/h2-3H2,1H3,(H,9,13)(H,10,16)(H,14,15). The van der Waals surface area contributed by atoms with Gasteiger partial charge in [-0.2, -0.15) is 0 Å². The minimum atomic E-state index is -1.15. The minimum Gasteiger partial charge on any atom is -0.480 e. The molecule has 1 heterocycles. The van der Waals surface area contributed by atoms with Crippen molar-refractivity contribution in [3.63, 3.8) is 0 Å². The SMILES string of the molecule is Cc1nnsc1C(=O)NCC(=O)NCC(=O)O. The predicted octanol–water partition coefficient (Wildman–Crippen LogP) is -1.22. The van der Waals surface area contributed by atoms with Crippen molar-refractivity contribution in [2.45, 2.75) is 6.92 Å². The van der Waals surface area contributed by atoms with E-state index in [1.54, 1.807) is 6.92 Å². The van der Waals surface area contributed by atoms with E-state index in [9.17, 15) is 14.4 Å². The molecule has 0 radical (unpaired) electrons. The Morgan fingerprint density at radius 1 is 1.29 bits per heavy atom. The van der Waals surface area contributed by atoms with Gasteiger partial charge in [0.05, 0.1) is 12.2 Å². The lowest BCUT2D eigenvalue weighted by atomic mass is 10.4. The fourth-order valence-corrected chi connectivity index (χ4v) is 1.49. The van der Waals surface area contributed by atoms with Crippen molar-refractivity contribution < 1.29 is 19.5 Å². The van der Waals surface area contributed by atoms with Crippen molar-refractivity contribution in [1.29, 1.82) is 0 Å². The zero-order valence-electron chi connectivity index (χ0n) is 8.89. The van der Waals surface area contributed by atoms with Gasteiger partial charge >= 0.3 is 5.97 Å². The monoisotopic (exact) mass is 258 g/mol. The number of nitrogens with one attached hydrogen (secondary N) is 2. The molecule has 3 N–H and O–H groups in total. The number of nitrogens with zero attached hydrogens (tertiary/aromatic N) is 2. The summed E-state index contributed by atoms with van der Waals surface area (Å²) in [7, 11) is 0. The van der Waals surface area contributed by atoms with Gasteiger partial charge in [0.1, 0.15) is 11.4 Å². The van der Waals surface area contributed by atoms with E-state index in [0.29, 0.717) is 10.6 Å². The zero-order valence-corrected chi connectivity index (χ0v) is 9.71. The maximum absolute atomic E-state index is 11.5. The van der Waals surface area contributed by atoms with Crippen LogP contribution < -0.4 is 10.6 Å². The van der Waals surface area contributed by atoms with Gasteiger partial charge in [-0.15, -0.1) is 5.10 Å². The first kappa shape index (κ1) is 13.0. The molecule has 0 saturated heterocycles. The van der Waals surface area contributed by atoms with Crippen LogP contribution in [0.1, 0.15) is 15.4 Å². The van der Waals surface area contributed by atoms with E-state index in [1.165, 1.54) is 0 Å². The van der Waals surface area contributed by atoms with Crippen molar-refractivity contribution in [3.8, 4) is 0 Å². The topological polar surface area (TPSA) is 121 Å². The molecule has 0 unspecified atom stereocenters. The van der Waals surface area contributed by atoms with Gasteiger partial charge < -0.3 is 15.7 Å². The Labute approximate surface area is 100 Å². The number of hydrogen-bond donors (Lipinski definition) is 3. The first-order valence-corrected chi connectivity index (χ1v) is 5.33. The van der Waals surface area contributed by atoms with E-state index in [-0.39, 0.29) is 6.54 Å². The number of carbonyl (C=O) groups is 3. The van der Waals surface area contributed by atoms with Crippen LogP contribution in [-0.2, 0) is 9.59 Å². The molecule has 8 nitrogen and oxygen atoms in total. The third-order valence-corrected chi connectivity index (χ3v) is 2.53. The van der Waals surface area contributed by atoms with Crippen molar-refractivity contribution in [2.24, 2.45) is 0 Å². The molecule has 1 aromatic rings. The normalized spacial score (nSPS) is 9.71. The second-order valence-corrected chi connectivity index (χ2v) is 3.79. The van der Waals surface area contributed by atoms with Crippen LogP contribution in [0.2, 0.25) is 0 Å². The molecule has 9 heteroatoms. The summed E-state index contributed by atoms with van der Waals surface area (Å²) in [6.07, 6.45) is 0. The summed E-state index contributed by atoms with van der Waals surface area (Å²) in [6, 6.07) is 0. The lowest BCUT2D eigenvalue weighted by Crippen LogP contribution is -2.38. The summed E-state index contributed by atoms with van der Waals surface area (Å²) < 4.78 is 3.58. The molecule has 0 atom stereocenters. The molecule has 0 saturated carbocycles. The van der Waals surface area contributed by atoms with Crippen LogP contribution in [0.3, 0.4) is 0 Å². The van der Waals surface area contributed by atoms with E-state index in [1.807, 2.05) is 0 Å². The largest absolute Gasteiger partial charge is 0.480 e. The summed E-state index contributed by atoms with van der Waals surface area (Å²) >= 11 is 0.929. The van der Waals surface area contributed by atoms with E-state index in [2.05, 4.69) is 20.2 Å². The van der Waals surface area contributed by atoms with Crippen LogP contribution >= 0.6 is 11.5 Å². The molecule has 1 aromatic heterocycles. The summed E-state index contributed by atoms with van der Waals surface area (Å²) in [6.45, 7) is 0.863. The molecular weight excluding hydrogens is 248 g/mol. The van der Waals surface area contributed by atoms with Gasteiger partial charge in [0.25, 0.3) is 5.91 Å². The Balaban J connectivity index is 2.36. The molecule has 0 aliphatic carbocycles. The molecule has 0 spiro atoms. The van der Waals surface area contributed by atoms with Gasteiger partial charge in [0, 0.05) is 0 Å². The van der Waals surface area contributed by atoms with Gasteiger partial charge in [-0.25, -0.2) is 0 Å². The van der Waals surface area contributed by atoms with Gasteiger partial charge in [-0.1, -0.05) is 4.49 Å². The lowest BCUT2D eigenvalue weighted by molar-refractivity contribution is -0.137. The first-order chi connectivity index (χ1) is 8.00. The van der Waals surface area contributed by atoms with E-state index >= 15 is 0 Å². The molecule has 0 bridgehead atoms. The number of carboxylic acids is 1. The van der Waals surface area contributed by atoms with E-state index in [0.717, 1.165) is 11.5 Å². The number of rotatable bonds is 5. The molecule has 92 valence electrons. The number of hydrogen-bond acceptors (Lipinski definition) is 6. The Hall–Kier alpha value is -2.03. The molecule has 0 fully saturated rings. The maximum atomic E-state index is 11.5. The van der Waals surface area contributed by atoms with Crippen molar-refractivity contribution in [2.75, 3.05) is 13.1 Å². The lowest BCUT2D eigenvalue weighted by Gasteiger charge is -2.03. The zero-order chi connectivity index (χ0) is 12.8. The fourth-order valence-electron chi connectivity index (χ4n) is 0.917. The van der Waals surface area contributed by atoms with Crippen LogP contribution in [0.4, 0.5) is 0 Å². The van der Waals surface area contributed by atoms with E-state index in [4.69, 9.17) is 5.11 Å². The number of aryl methyl sites for hydroxylation is 1. The highest BCUT2D eigenvalue weighted by Crippen LogP contribution is 2.07. The highest BCUT2D eigenvalue weighted by atomic mass is 32.1. The van der Waals surface area contributed by atoms with Crippen molar-refractivity contribution in [1.82, 2.24) is 20.2 Å². The molecule has 1 rings (SSSR count). The second kappa shape index (κ2) is 5.89. The number of amides is 2. The van der Waals surface area contributed by atoms with Gasteiger partial charge in [0.2, 0.25) is 5.91 Å². The molecule has 17 heavy (non-hydrogen) atoms. The number of aromatic nitrogens is 2. The molecule has 0 aromatic carbocycles. The van der Waals surface area contributed by atoms with Crippen LogP contribution in [0.5, 0.6) is 0 Å². The van der Waals surface area contributed by atoms with Gasteiger partial charge in [-0.05, 0) is 18.5 Å². The molecule has 0 aliphatic rings. The van der Waals surface area contributed by atoms with Crippen LogP contribution in [0.15, 0.2) is 0 Å². The average Bonchev–Trinajstić information content (AvgIpc) is 2.69. The smallest absolute Gasteiger partial charge is 0.322 e. The maximum Gasteiger partial charge on any atom is 0.322 e. The quantitative estimate of drug-likeness (QED) is 0.608. The van der Waals surface area contributed by atoms with Crippen LogP contribution in [0, 0.1) is 6.92 Å². The predicted molar refractivity (Wildman–Crippen MR) is 57.6 cm³/mol. The summed E-state index contributed by atoms with van der Waals surface area (Å²) in [5.74, 6) is -2.17. The summed E-state index contributed by atoms with van der Waals surface area (Å²) in [5.41, 5.74) is 0.485. The second-order valence-electron chi connectivity index (χ2n) is 3.04. The Morgan fingerprint density at radius 2 is 2.00 bits per heavy atom. The fraction of sp³-hybridized carbons (Fsp3) is 0.375. The average molecular weight is 258 g/mol. The number of aliphatic carboxylic acids is 1. The Kier molecular flexibility index (Phi) is 4.52. The number of carboxylic acid groups (broad SMARTS) is 1. The van der Waals surface area contributed by atoms with Crippen molar-refractivity contribution >= 4 is 29.3 Å². The Morgan fingerprint density at radius 3 is 2.53 bits per heavy atom. The molecule has 0 aliphatic heterocycles. The van der Waals surface area contributed by atoms with Gasteiger partial charge in [0.15, 0.2) is 0 Å². The summed E-state index contributed by atoms with van der Waals surface area (Å²) in [5, 5.41) is 16.4. The Bertz CT molecular complexity index is 444. The highest BCUT2D eigenvalue weighted by molar-refractivity contribution is 7.08. The summed E-state index contributed by atoms with van der Waals surface area (Å²) in [4.78, 5) is 33.1. The third kappa shape index (κ3) is 4.15.